The van der Waals surface area contributed by atoms with Crippen LogP contribution < -0.4 is 0 Å². The summed E-state index contributed by atoms with van der Waals surface area (Å²) >= 11 is 0. The minimum Gasteiger partial charge on any atom is -0.298 e. The van der Waals surface area contributed by atoms with E-state index in [1.165, 1.54) is 19.4 Å². The fraction of sp³-hybridized carbons (Fsp3) is 0.909. The molecule has 0 aromatic carbocycles. The second-order valence-electron chi connectivity index (χ2n) is 5.06. The van der Waals surface area contributed by atoms with Gasteiger partial charge in [0.25, 0.3) is 0 Å². The zero-order chi connectivity index (χ0) is 10.6. The molecule has 3 heteroatoms. The molecule has 1 aliphatic heterocycles. The Hall–Kier alpha value is -0.660. The molecule has 1 unspecified atom stereocenters. The summed E-state index contributed by atoms with van der Waals surface area (Å²) in [5.74, 6) is 0.546. The minimum absolute atomic E-state index is 0.240. The number of carbonyl (C=O) groups excluding carboxylic acids is 1. The van der Waals surface area contributed by atoms with Crippen molar-refractivity contribution in [2.24, 2.45) is 10.9 Å². The second-order valence-corrected chi connectivity index (χ2v) is 5.06. The molecular weight excluding hydrogens is 176 g/mol. The van der Waals surface area contributed by atoms with Crippen molar-refractivity contribution in [3.8, 4) is 0 Å². The third-order valence-corrected chi connectivity index (χ3v) is 2.88. The molecule has 80 valence electrons. The Morgan fingerprint density at radius 1 is 1.50 bits per heavy atom. The highest BCUT2D eigenvalue weighted by atomic mass is 16.1. The summed E-state index contributed by atoms with van der Waals surface area (Å²) in [6.07, 6.45) is 4.04. The number of hydrogen-bond acceptors (Lipinski definition) is 3. The first-order chi connectivity index (χ1) is 6.54. The monoisotopic (exact) mass is 196 g/mol. The molecule has 1 saturated heterocycles. The summed E-state index contributed by atoms with van der Waals surface area (Å²) < 4.78 is 0. The third kappa shape index (κ3) is 3.24. The van der Waals surface area contributed by atoms with Gasteiger partial charge in [-0.05, 0) is 46.1 Å². The summed E-state index contributed by atoms with van der Waals surface area (Å²) in [5, 5.41) is 0. The standard InChI is InChI=1S/C11H20N2O/c1-11(2,3)13-6-4-5-10(8-13)7-12-9-14/h10H,4-8H2,1-3H3. The molecule has 3 nitrogen and oxygen atoms in total. The number of hydrogen-bond donors (Lipinski definition) is 0. The molecule has 1 rings (SSSR count). The van der Waals surface area contributed by atoms with Gasteiger partial charge in [0.15, 0.2) is 0 Å². The molecule has 1 aliphatic rings. The lowest BCUT2D eigenvalue weighted by Crippen LogP contribution is -2.47. The van der Waals surface area contributed by atoms with Crippen LogP contribution in [0.3, 0.4) is 0 Å². The number of rotatable bonds is 2. The van der Waals surface area contributed by atoms with Gasteiger partial charge in [-0.1, -0.05) is 0 Å². The van der Waals surface area contributed by atoms with E-state index in [2.05, 4.69) is 30.7 Å². The van der Waals surface area contributed by atoms with Crippen LogP contribution in [-0.4, -0.2) is 36.2 Å². The molecule has 0 spiro atoms. The molecule has 0 saturated carbocycles. The van der Waals surface area contributed by atoms with Crippen LogP contribution in [-0.2, 0) is 4.79 Å². The van der Waals surface area contributed by atoms with E-state index in [-0.39, 0.29) is 5.54 Å². The first kappa shape index (κ1) is 11.4. The van der Waals surface area contributed by atoms with Gasteiger partial charge in [0.1, 0.15) is 0 Å². The van der Waals surface area contributed by atoms with E-state index < -0.39 is 0 Å². The predicted molar refractivity (Wildman–Crippen MR) is 57.0 cm³/mol. The summed E-state index contributed by atoms with van der Waals surface area (Å²) in [6, 6.07) is 0. The Kier molecular flexibility index (Phi) is 3.85. The molecule has 14 heavy (non-hydrogen) atoms. The molecule has 0 radical (unpaired) electrons. The van der Waals surface area contributed by atoms with Crippen LogP contribution in [0, 0.1) is 5.92 Å². The lowest BCUT2D eigenvalue weighted by atomic mass is 9.93. The fourth-order valence-electron chi connectivity index (χ4n) is 1.99. The Bertz CT molecular complexity index is 226. The van der Waals surface area contributed by atoms with Crippen molar-refractivity contribution in [2.45, 2.75) is 39.2 Å². The summed E-state index contributed by atoms with van der Waals surface area (Å²) in [6.45, 7) is 9.59. The van der Waals surface area contributed by atoms with Crippen molar-refractivity contribution >= 4 is 6.08 Å². The highest BCUT2D eigenvalue weighted by molar-refractivity contribution is 5.32. The van der Waals surface area contributed by atoms with Crippen LogP contribution in [0.4, 0.5) is 0 Å². The normalized spacial score (nSPS) is 24.4. The largest absolute Gasteiger partial charge is 0.298 e. The summed E-state index contributed by atoms with van der Waals surface area (Å²) in [4.78, 5) is 16.2. The molecule has 1 atom stereocenters. The van der Waals surface area contributed by atoms with Crippen molar-refractivity contribution in [1.82, 2.24) is 4.90 Å². The topological polar surface area (TPSA) is 32.7 Å². The van der Waals surface area contributed by atoms with E-state index in [0.29, 0.717) is 12.5 Å². The fourth-order valence-corrected chi connectivity index (χ4v) is 1.99. The predicted octanol–water partition coefficient (Wildman–Crippen LogP) is 1.83. The van der Waals surface area contributed by atoms with Crippen molar-refractivity contribution in [3.63, 3.8) is 0 Å². The first-order valence-corrected chi connectivity index (χ1v) is 5.32. The van der Waals surface area contributed by atoms with Gasteiger partial charge < -0.3 is 0 Å². The van der Waals surface area contributed by atoms with Crippen LogP contribution in [0.5, 0.6) is 0 Å². The molecule has 0 aliphatic carbocycles. The van der Waals surface area contributed by atoms with Crippen molar-refractivity contribution < 1.29 is 4.79 Å². The zero-order valence-corrected chi connectivity index (χ0v) is 9.42. The first-order valence-electron chi connectivity index (χ1n) is 5.32. The van der Waals surface area contributed by atoms with Gasteiger partial charge in [0.2, 0.25) is 6.08 Å². The van der Waals surface area contributed by atoms with Crippen molar-refractivity contribution in [3.05, 3.63) is 0 Å². The van der Waals surface area contributed by atoms with Gasteiger partial charge in [0.05, 0.1) is 6.54 Å². The summed E-state index contributed by atoms with van der Waals surface area (Å²) in [7, 11) is 0. The second kappa shape index (κ2) is 4.72. The van der Waals surface area contributed by atoms with Gasteiger partial charge in [-0.3, -0.25) is 4.90 Å². The highest BCUT2D eigenvalue weighted by Crippen LogP contribution is 2.23. The molecule has 0 N–H and O–H groups in total. The maximum atomic E-state index is 10.0. The van der Waals surface area contributed by atoms with Gasteiger partial charge in [-0.2, -0.15) is 0 Å². The third-order valence-electron chi connectivity index (χ3n) is 2.88. The Morgan fingerprint density at radius 2 is 2.21 bits per heavy atom. The van der Waals surface area contributed by atoms with Crippen LogP contribution >= 0.6 is 0 Å². The number of aliphatic imine (C=N–C) groups is 1. The average molecular weight is 196 g/mol. The Balaban J connectivity index is 2.47. The molecule has 1 heterocycles. The molecule has 0 aromatic heterocycles. The SMILES string of the molecule is CC(C)(C)N1CCCC(CN=C=O)C1. The zero-order valence-electron chi connectivity index (χ0n) is 9.42. The average Bonchev–Trinajstić information content (AvgIpc) is 2.14. The number of isocyanates is 1. The van der Waals surface area contributed by atoms with Gasteiger partial charge in [0, 0.05) is 12.1 Å². The molecule has 1 fully saturated rings. The van der Waals surface area contributed by atoms with Crippen LogP contribution in [0.2, 0.25) is 0 Å². The van der Waals surface area contributed by atoms with Crippen LogP contribution in [0.1, 0.15) is 33.6 Å². The number of piperidine rings is 1. The van der Waals surface area contributed by atoms with E-state index in [4.69, 9.17) is 0 Å². The summed E-state index contributed by atoms with van der Waals surface area (Å²) in [5.41, 5.74) is 0.240. The van der Waals surface area contributed by atoms with Crippen molar-refractivity contribution in [1.29, 1.82) is 0 Å². The molecule has 0 bridgehead atoms. The van der Waals surface area contributed by atoms with E-state index in [1.54, 1.807) is 6.08 Å². The number of nitrogens with zero attached hydrogens (tertiary/aromatic N) is 2. The lowest BCUT2D eigenvalue weighted by Gasteiger charge is -2.41. The minimum atomic E-state index is 0.240. The van der Waals surface area contributed by atoms with E-state index in [1.807, 2.05) is 0 Å². The van der Waals surface area contributed by atoms with Crippen molar-refractivity contribution in [2.75, 3.05) is 19.6 Å². The Labute approximate surface area is 86.2 Å². The molecule has 0 amide bonds. The number of likely N-dealkylation sites (tertiary alicyclic amines) is 1. The van der Waals surface area contributed by atoms with Crippen LogP contribution in [0.15, 0.2) is 4.99 Å². The maximum absolute atomic E-state index is 10.0. The van der Waals surface area contributed by atoms with E-state index >= 15 is 0 Å². The van der Waals surface area contributed by atoms with Gasteiger partial charge >= 0.3 is 0 Å². The lowest BCUT2D eigenvalue weighted by molar-refractivity contribution is 0.0816. The van der Waals surface area contributed by atoms with Gasteiger partial charge in [-0.25, -0.2) is 9.79 Å². The quantitative estimate of drug-likeness (QED) is 0.498. The maximum Gasteiger partial charge on any atom is 0.234 e. The van der Waals surface area contributed by atoms with E-state index in [9.17, 15) is 4.79 Å². The smallest absolute Gasteiger partial charge is 0.234 e. The van der Waals surface area contributed by atoms with Gasteiger partial charge in [-0.15, -0.1) is 0 Å². The van der Waals surface area contributed by atoms with Crippen LogP contribution in [0.25, 0.3) is 0 Å². The molecular formula is C11H20N2O. The Morgan fingerprint density at radius 3 is 2.79 bits per heavy atom. The van der Waals surface area contributed by atoms with E-state index in [0.717, 1.165) is 6.54 Å². The highest BCUT2D eigenvalue weighted by Gasteiger charge is 2.27. The molecule has 0 aromatic rings.